The van der Waals surface area contributed by atoms with Crippen LogP contribution in [0.4, 0.5) is 0 Å². The molecule has 1 fully saturated rings. The fourth-order valence-corrected chi connectivity index (χ4v) is 2.50. The van der Waals surface area contributed by atoms with E-state index < -0.39 is 0 Å². The van der Waals surface area contributed by atoms with E-state index in [9.17, 15) is 0 Å². The molecule has 2 atom stereocenters. The molecular weight excluding hydrogens is 214 g/mol. The third-order valence-electron chi connectivity index (χ3n) is 3.50. The van der Waals surface area contributed by atoms with Crippen molar-refractivity contribution in [3.05, 3.63) is 23.8 Å². The lowest BCUT2D eigenvalue weighted by Gasteiger charge is -2.30. The lowest BCUT2D eigenvalue weighted by atomic mass is 9.87. The molecular formula is C14H21NO2. The summed E-state index contributed by atoms with van der Waals surface area (Å²) in [5, 5.41) is 3.58. The average molecular weight is 235 g/mol. The molecule has 1 N–H and O–H groups in total. The van der Waals surface area contributed by atoms with Gasteiger partial charge in [-0.15, -0.1) is 0 Å². The predicted octanol–water partition coefficient (Wildman–Crippen LogP) is 2.76. The molecule has 0 amide bonds. The first kappa shape index (κ1) is 12.2. The van der Waals surface area contributed by atoms with Gasteiger partial charge >= 0.3 is 0 Å². The number of hydrogen-bond acceptors (Lipinski definition) is 3. The van der Waals surface area contributed by atoms with Crippen LogP contribution < -0.4 is 14.8 Å². The topological polar surface area (TPSA) is 30.5 Å². The van der Waals surface area contributed by atoms with Crippen LogP contribution in [0.5, 0.6) is 11.5 Å². The molecule has 0 spiro atoms. The SMILES string of the molecule is COc1cc(OC)cc(C2NCCCC2C)c1. The Morgan fingerprint density at radius 2 is 1.76 bits per heavy atom. The monoisotopic (exact) mass is 235 g/mol. The van der Waals surface area contributed by atoms with Crippen molar-refractivity contribution < 1.29 is 9.47 Å². The van der Waals surface area contributed by atoms with E-state index in [1.165, 1.54) is 18.4 Å². The van der Waals surface area contributed by atoms with E-state index in [0.29, 0.717) is 12.0 Å². The maximum Gasteiger partial charge on any atom is 0.122 e. The summed E-state index contributed by atoms with van der Waals surface area (Å²) in [6.45, 7) is 3.39. The van der Waals surface area contributed by atoms with Crippen molar-refractivity contribution in [2.75, 3.05) is 20.8 Å². The molecule has 3 heteroatoms. The van der Waals surface area contributed by atoms with Gasteiger partial charge in [-0.05, 0) is 43.0 Å². The average Bonchev–Trinajstić information content (AvgIpc) is 2.38. The van der Waals surface area contributed by atoms with Crippen LogP contribution in [0.3, 0.4) is 0 Å². The first-order chi connectivity index (χ1) is 8.24. The zero-order valence-corrected chi connectivity index (χ0v) is 10.8. The molecule has 3 nitrogen and oxygen atoms in total. The molecule has 2 unspecified atom stereocenters. The van der Waals surface area contributed by atoms with Crippen LogP contribution in [0.1, 0.15) is 31.4 Å². The van der Waals surface area contributed by atoms with Crippen LogP contribution in [0, 0.1) is 5.92 Å². The van der Waals surface area contributed by atoms with Gasteiger partial charge in [-0.1, -0.05) is 6.92 Å². The van der Waals surface area contributed by atoms with Crippen molar-refractivity contribution in [3.63, 3.8) is 0 Å². The molecule has 0 radical (unpaired) electrons. The van der Waals surface area contributed by atoms with Gasteiger partial charge < -0.3 is 14.8 Å². The van der Waals surface area contributed by atoms with Crippen molar-refractivity contribution >= 4 is 0 Å². The molecule has 1 aliphatic rings. The van der Waals surface area contributed by atoms with Crippen LogP contribution in [0.15, 0.2) is 18.2 Å². The lowest BCUT2D eigenvalue weighted by Crippen LogP contribution is -2.32. The van der Waals surface area contributed by atoms with Crippen LogP contribution in [-0.4, -0.2) is 20.8 Å². The summed E-state index contributed by atoms with van der Waals surface area (Å²) in [6, 6.07) is 6.52. The van der Waals surface area contributed by atoms with Gasteiger partial charge in [0.15, 0.2) is 0 Å². The fraction of sp³-hybridized carbons (Fsp3) is 0.571. The summed E-state index contributed by atoms with van der Waals surface area (Å²) in [4.78, 5) is 0. The fourth-order valence-electron chi connectivity index (χ4n) is 2.50. The zero-order valence-electron chi connectivity index (χ0n) is 10.8. The molecule has 17 heavy (non-hydrogen) atoms. The summed E-state index contributed by atoms with van der Waals surface area (Å²) >= 11 is 0. The Hall–Kier alpha value is -1.22. The third-order valence-corrected chi connectivity index (χ3v) is 3.50. The van der Waals surface area contributed by atoms with E-state index in [0.717, 1.165) is 18.0 Å². The first-order valence-corrected chi connectivity index (χ1v) is 6.21. The second-order valence-corrected chi connectivity index (χ2v) is 4.70. The van der Waals surface area contributed by atoms with Gasteiger partial charge in [-0.3, -0.25) is 0 Å². The highest BCUT2D eigenvalue weighted by Gasteiger charge is 2.23. The highest BCUT2D eigenvalue weighted by atomic mass is 16.5. The second kappa shape index (κ2) is 5.41. The number of hydrogen-bond donors (Lipinski definition) is 1. The van der Waals surface area contributed by atoms with Crippen LogP contribution in [0.25, 0.3) is 0 Å². The van der Waals surface area contributed by atoms with Gasteiger partial charge in [0.2, 0.25) is 0 Å². The molecule has 0 saturated carbocycles. The number of rotatable bonds is 3. The van der Waals surface area contributed by atoms with E-state index in [2.05, 4.69) is 24.4 Å². The van der Waals surface area contributed by atoms with Gasteiger partial charge in [0.05, 0.1) is 14.2 Å². The molecule has 0 aromatic heterocycles. The first-order valence-electron chi connectivity index (χ1n) is 6.21. The summed E-state index contributed by atoms with van der Waals surface area (Å²) in [5.41, 5.74) is 1.26. The number of piperidine rings is 1. The van der Waals surface area contributed by atoms with E-state index in [1.54, 1.807) is 14.2 Å². The van der Waals surface area contributed by atoms with Crippen molar-refractivity contribution in [2.24, 2.45) is 5.92 Å². The largest absolute Gasteiger partial charge is 0.497 e. The minimum atomic E-state index is 0.410. The van der Waals surface area contributed by atoms with Crippen molar-refractivity contribution in [1.82, 2.24) is 5.32 Å². The highest BCUT2D eigenvalue weighted by molar-refractivity contribution is 5.40. The van der Waals surface area contributed by atoms with Gasteiger partial charge in [0.1, 0.15) is 11.5 Å². The Labute approximate surface area is 103 Å². The van der Waals surface area contributed by atoms with E-state index >= 15 is 0 Å². The smallest absolute Gasteiger partial charge is 0.122 e. The molecule has 1 aromatic rings. The number of benzene rings is 1. The van der Waals surface area contributed by atoms with Gasteiger partial charge in [0, 0.05) is 12.1 Å². The number of ether oxygens (including phenoxy) is 2. The van der Waals surface area contributed by atoms with E-state index in [4.69, 9.17) is 9.47 Å². The molecule has 0 aliphatic carbocycles. The Balaban J connectivity index is 2.29. The zero-order chi connectivity index (χ0) is 12.3. The Morgan fingerprint density at radius 1 is 1.12 bits per heavy atom. The van der Waals surface area contributed by atoms with Crippen LogP contribution >= 0.6 is 0 Å². The summed E-state index contributed by atoms with van der Waals surface area (Å²) in [6.07, 6.45) is 2.54. The molecule has 0 bridgehead atoms. The predicted molar refractivity (Wildman–Crippen MR) is 68.7 cm³/mol. The molecule has 94 valence electrons. The minimum Gasteiger partial charge on any atom is -0.497 e. The summed E-state index contributed by atoms with van der Waals surface area (Å²) in [7, 11) is 3.38. The maximum absolute atomic E-state index is 5.32. The highest BCUT2D eigenvalue weighted by Crippen LogP contribution is 2.33. The number of nitrogens with one attached hydrogen (secondary N) is 1. The molecule has 1 aliphatic heterocycles. The van der Waals surface area contributed by atoms with E-state index in [1.807, 2.05) is 6.07 Å². The van der Waals surface area contributed by atoms with Gasteiger partial charge in [0.25, 0.3) is 0 Å². The Bertz CT molecular complexity index is 356. The minimum absolute atomic E-state index is 0.410. The number of methoxy groups -OCH3 is 2. The van der Waals surface area contributed by atoms with Gasteiger partial charge in [-0.2, -0.15) is 0 Å². The third kappa shape index (κ3) is 2.72. The Kier molecular flexibility index (Phi) is 3.89. The van der Waals surface area contributed by atoms with Crippen molar-refractivity contribution in [2.45, 2.75) is 25.8 Å². The van der Waals surface area contributed by atoms with Gasteiger partial charge in [-0.25, -0.2) is 0 Å². The maximum atomic E-state index is 5.32. The second-order valence-electron chi connectivity index (χ2n) is 4.70. The normalized spacial score (nSPS) is 24.4. The Morgan fingerprint density at radius 3 is 2.29 bits per heavy atom. The lowest BCUT2D eigenvalue weighted by molar-refractivity contribution is 0.303. The van der Waals surface area contributed by atoms with Crippen LogP contribution in [0.2, 0.25) is 0 Å². The summed E-state index contributed by atoms with van der Waals surface area (Å²) in [5.74, 6) is 2.37. The van der Waals surface area contributed by atoms with Crippen molar-refractivity contribution in [1.29, 1.82) is 0 Å². The molecule has 2 rings (SSSR count). The molecule has 1 heterocycles. The summed E-state index contributed by atoms with van der Waals surface area (Å²) < 4.78 is 10.6. The quantitative estimate of drug-likeness (QED) is 0.874. The van der Waals surface area contributed by atoms with Crippen molar-refractivity contribution in [3.8, 4) is 11.5 Å². The molecule has 1 saturated heterocycles. The van der Waals surface area contributed by atoms with E-state index in [-0.39, 0.29) is 0 Å². The van der Waals surface area contributed by atoms with Crippen LogP contribution in [-0.2, 0) is 0 Å². The standard InChI is InChI=1S/C14H21NO2/c1-10-5-4-6-15-14(10)11-7-12(16-2)9-13(8-11)17-3/h7-10,14-15H,4-6H2,1-3H3. The molecule has 1 aromatic carbocycles.